The first-order valence-electron chi connectivity index (χ1n) is 17.9. The fourth-order valence-electron chi connectivity index (χ4n) is 9.48. The number of alkyl carbamates (subject to hydrolysis) is 1. The molecule has 3 N–H and O–H groups in total. The van der Waals surface area contributed by atoms with Gasteiger partial charge >= 0.3 is 6.09 Å². The summed E-state index contributed by atoms with van der Waals surface area (Å²) in [4.78, 5) is 58.1. The molecule has 5 atom stereocenters. The summed E-state index contributed by atoms with van der Waals surface area (Å²) in [6, 6.07) is -1.63. The summed E-state index contributed by atoms with van der Waals surface area (Å²) >= 11 is 1.28. The molecule has 11 nitrogen and oxygen atoms in total. The van der Waals surface area contributed by atoms with Crippen LogP contribution in [-0.2, 0) is 23.9 Å². The van der Waals surface area contributed by atoms with Crippen molar-refractivity contribution >= 4 is 35.9 Å². The molecule has 47 heavy (non-hydrogen) atoms. The number of hydrogen-bond acceptors (Lipinski definition) is 8. The molecule has 266 valence electrons. The van der Waals surface area contributed by atoms with Crippen molar-refractivity contribution in [2.45, 2.75) is 137 Å². The fraction of sp³-hybridized carbons (Fsp3) is 0.886. The predicted octanol–water partition coefficient (Wildman–Crippen LogP) is 4.80. The maximum absolute atomic E-state index is 14.9. The van der Waals surface area contributed by atoms with E-state index in [2.05, 4.69) is 29.2 Å². The van der Waals surface area contributed by atoms with Crippen molar-refractivity contribution in [3.8, 4) is 0 Å². The average molecular weight is 678 g/mol. The van der Waals surface area contributed by atoms with Crippen LogP contribution in [0.2, 0.25) is 0 Å². The lowest BCUT2D eigenvalue weighted by molar-refractivity contribution is -0.145. The highest BCUT2D eigenvalue weighted by Gasteiger charge is 2.85. The summed E-state index contributed by atoms with van der Waals surface area (Å²) in [5.74, 6) is -0.699. The summed E-state index contributed by atoms with van der Waals surface area (Å²) in [6.45, 7) is 21.1. The number of likely N-dealkylation sites (tertiary alicyclic amines) is 1. The lowest BCUT2D eigenvalue weighted by Crippen LogP contribution is -2.61. The van der Waals surface area contributed by atoms with Crippen molar-refractivity contribution in [1.82, 2.24) is 24.6 Å². The molecule has 0 aromatic heterocycles. The Balaban J connectivity index is 1.44. The Morgan fingerprint density at radius 3 is 2.11 bits per heavy atom. The van der Waals surface area contributed by atoms with Crippen LogP contribution in [0.3, 0.4) is 0 Å². The number of carbonyl (C=O) groups excluding carboxylic acids is 4. The normalized spacial score (nSPS) is 32.0. The molecule has 0 radical (unpaired) electrons. The van der Waals surface area contributed by atoms with Crippen molar-refractivity contribution in [3.05, 3.63) is 0 Å². The van der Waals surface area contributed by atoms with Crippen LogP contribution in [0.1, 0.15) is 114 Å². The van der Waals surface area contributed by atoms with Gasteiger partial charge in [0, 0.05) is 55.8 Å². The van der Waals surface area contributed by atoms with Gasteiger partial charge in [-0.25, -0.2) is 9.10 Å². The van der Waals surface area contributed by atoms with Gasteiger partial charge in [0.1, 0.15) is 23.2 Å². The zero-order valence-corrected chi connectivity index (χ0v) is 31.0. The third kappa shape index (κ3) is 6.06. The van der Waals surface area contributed by atoms with Crippen LogP contribution < -0.4 is 15.4 Å². The van der Waals surface area contributed by atoms with Crippen molar-refractivity contribution in [2.24, 2.45) is 27.6 Å². The van der Waals surface area contributed by atoms with Crippen molar-refractivity contribution < 1.29 is 28.7 Å². The number of nitrogens with one attached hydrogen (secondary N) is 3. The standard InChI is InChI=1S/C35H59N5O6S/c1-10-23-20-35(23,28(43)38-47-39(11-2)12-3)37-26(41)24-21-34(31(7,8)33(34)14-13-15-33)22-40(24)27(42)25(32(9)16-18-45-19-17-32)36-29(44)46-30(4,5)6/h23-25H,10-22H2,1-9H3,(H,36,44)(H,37,41)(H,38,43). The van der Waals surface area contributed by atoms with Gasteiger partial charge in [-0.2, -0.15) is 0 Å². The molecule has 2 saturated heterocycles. The van der Waals surface area contributed by atoms with E-state index in [4.69, 9.17) is 9.47 Å². The highest BCUT2D eigenvalue weighted by Crippen LogP contribution is 2.88. The molecule has 0 bridgehead atoms. The molecule has 2 aliphatic heterocycles. The second-order valence-electron chi connectivity index (χ2n) is 16.6. The van der Waals surface area contributed by atoms with Gasteiger partial charge < -0.3 is 25.0 Å². The zero-order valence-electron chi connectivity index (χ0n) is 30.2. The quantitative estimate of drug-likeness (QED) is 0.266. The molecule has 2 spiro atoms. The predicted molar refractivity (Wildman–Crippen MR) is 182 cm³/mol. The van der Waals surface area contributed by atoms with Gasteiger partial charge in [-0.3, -0.25) is 19.1 Å². The third-order valence-electron chi connectivity index (χ3n) is 13.0. The maximum Gasteiger partial charge on any atom is 0.408 e. The molecule has 5 fully saturated rings. The Labute approximate surface area is 286 Å². The van der Waals surface area contributed by atoms with E-state index in [-0.39, 0.29) is 39.9 Å². The Morgan fingerprint density at radius 2 is 1.62 bits per heavy atom. The highest BCUT2D eigenvalue weighted by atomic mass is 32.2. The van der Waals surface area contributed by atoms with Gasteiger partial charge in [-0.1, -0.05) is 54.4 Å². The second kappa shape index (κ2) is 12.7. The van der Waals surface area contributed by atoms with E-state index in [1.54, 1.807) is 25.7 Å². The van der Waals surface area contributed by atoms with Gasteiger partial charge in [-0.05, 0) is 76.0 Å². The Kier molecular flexibility index (Phi) is 9.78. The molecular formula is C35H59N5O6S. The van der Waals surface area contributed by atoms with Crippen LogP contribution in [0, 0.1) is 27.6 Å². The molecule has 5 aliphatic rings. The Morgan fingerprint density at radius 1 is 0.979 bits per heavy atom. The van der Waals surface area contributed by atoms with Crippen LogP contribution in [0.15, 0.2) is 0 Å². The van der Waals surface area contributed by atoms with Gasteiger partial charge in [-0.15, -0.1) is 0 Å². The van der Waals surface area contributed by atoms with E-state index in [1.807, 2.05) is 32.0 Å². The van der Waals surface area contributed by atoms with Crippen molar-refractivity contribution in [1.29, 1.82) is 0 Å². The van der Waals surface area contributed by atoms with E-state index in [0.717, 1.165) is 38.8 Å². The van der Waals surface area contributed by atoms with Gasteiger partial charge in [0.05, 0.1) is 0 Å². The molecule has 2 heterocycles. The highest BCUT2D eigenvalue weighted by molar-refractivity contribution is 7.95. The van der Waals surface area contributed by atoms with E-state index >= 15 is 0 Å². The lowest BCUT2D eigenvalue weighted by atomic mass is 9.73. The maximum atomic E-state index is 14.9. The molecule has 12 heteroatoms. The monoisotopic (exact) mass is 677 g/mol. The molecule has 5 rings (SSSR count). The minimum atomic E-state index is -0.995. The fourth-order valence-corrected chi connectivity index (χ4v) is 10.1. The summed E-state index contributed by atoms with van der Waals surface area (Å²) in [7, 11) is 0. The van der Waals surface area contributed by atoms with E-state index < -0.39 is 34.7 Å². The molecule has 4 amide bonds. The molecule has 5 unspecified atom stereocenters. The third-order valence-corrected chi connectivity index (χ3v) is 14.0. The topological polar surface area (TPSA) is 129 Å². The van der Waals surface area contributed by atoms with Gasteiger partial charge in [0.2, 0.25) is 11.8 Å². The van der Waals surface area contributed by atoms with Crippen LogP contribution in [-0.4, -0.2) is 89.1 Å². The van der Waals surface area contributed by atoms with Gasteiger partial charge in [0.25, 0.3) is 5.91 Å². The van der Waals surface area contributed by atoms with Crippen LogP contribution in [0.4, 0.5) is 4.79 Å². The Bertz CT molecular complexity index is 1240. The number of rotatable bonds is 11. The number of amides is 4. The SMILES string of the molecule is CCC1CC1(NC(=O)C1CC2(CN1C(=O)C(NC(=O)OC(C)(C)C)C1(C)CCOCC1)C(C)(C)C21CCC1)C(=O)NSN(CC)CC. The summed E-state index contributed by atoms with van der Waals surface area (Å²) in [5, 5.41) is 6.16. The Hall–Kier alpha value is -2.05. The first-order chi connectivity index (χ1) is 22.0. The molecule has 3 aliphatic carbocycles. The van der Waals surface area contributed by atoms with Crippen LogP contribution in [0.5, 0.6) is 0 Å². The molecular weight excluding hydrogens is 618 g/mol. The molecule has 0 aromatic rings. The van der Waals surface area contributed by atoms with E-state index in [1.165, 1.54) is 12.1 Å². The average Bonchev–Trinajstić information content (AvgIpc) is 3.70. The second-order valence-corrected chi connectivity index (χ2v) is 17.5. The molecule has 3 saturated carbocycles. The van der Waals surface area contributed by atoms with Crippen molar-refractivity contribution in [2.75, 3.05) is 32.8 Å². The van der Waals surface area contributed by atoms with E-state index in [9.17, 15) is 19.2 Å². The largest absolute Gasteiger partial charge is 0.444 e. The van der Waals surface area contributed by atoms with E-state index in [0.29, 0.717) is 45.4 Å². The van der Waals surface area contributed by atoms with Gasteiger partial charge in [0.15, 0.2) is 0 Å². The number of nitrogens with zero attached hydrogens (tertiary/aromatic N) is 2. The first kappa shape index (κ1) is 36.2. The number of ether oxygens (including phenoxy) is 2. The summed E-state index contributed by atoms with van der Waals surface area (Å²) < 4.78 is 16.3. The zero-order chi connectivity index (χ0) is 34.6. The lowest BCUT2D eigenvalue weighted by Gasteiger charge is -2.42. The summed E-state index contributed by atoms with van der Waals surface area (Å²) in [5.41, 5.74) is -2.42. The van der Waals surface area contributed by atoms with Crippen LogP contribution in [0.25, 0.3) is 0 Å². The minimum Gasteiger partial charge on any atom is -0.444 e. The van der Waals surface area contributed by atoms with Crippen molar-refractivity contribution in [3.63, 3.8) is 0 Å². The number of hydrogen-bond donors (Lipinski definition) is 3. The summed E-state index contributed by atoms with van der Waals surface area (Å²) in [6.07, 6.45) is 5.77. The molecule has 0 aromatic carbocycles. The smallest absolute Gasteiger partial charge is 0.408 e. The number of fused-ring (bicyclic) bond motifs is 1. The first-order valence-corrected chi connectivity index (χ1v) is 18.7. The number of carbonyl (C=O) groups is 4. The van der Waals surface area contributed by atoms with Crippen LogP contribution >= 0.6 is 12.1 Å². The minimum absolute atomic E-state index is 0.0243.